The highest BCUT2D eigenvalue weighted by Gasteiger charge is 2.16. The molecule has 0 radical (unpaired) electrons. The van der Waals surface area contributed by atoms with Crippen LogP contribution in [-0.2, 0) is 15.3 Å². The first-order valence-electron chi connectivity index (χ1n) is 5.74. The number of carbonyl (C=O) groups excluding carboxylic acids is 1. The van der Waals surface area contributed by atoms with Gasteiger partial charge < -0.3 is 10.1 Å². The zero-order valence-corrected chi connectivity index (χ0v) is 11.7. The zero-order chi connectivity index (χ0) is 14.3. The highest BCUT2D eigenvalue weighted by atomic mass is 32.2. The lowest BCUT2D eigenvalue weighted by Gasteiger charge is -2.10. The highest BCUT2D eigenvalue weighted by Crippen LogP contribution is 2.30. The number of carbonyl (C=O) groups is 1. The number of rotatable bonds is 7. The fraction of sp³-hybridized carbons (Fsp3) is 0.417. The number of ether oxygens (including phenoxy) is 1. The molecule has 0 saturated carbocycles. The monoisotopic (exact) mass is 284 g/mol. The quantitative estimate of drug-likeness (QED) is 0.470. The van der Waals surface area contributed by atoms with E-state index in [4.69, 9.17) is 0 Å². The van der Waals surface area contributed by atoms with Crippen molar-refractivity contribution in [3.63, 3.8) is 0 Å². The van der Waals surface area contributed by atoms with Gasteiger partial charge in [0, 0.05) is 18.4 Å². The maximum atomic E-state index is 11.0. The predicted octanol–water partition coefficient (Wildman–Crippen LogP) is 2.43. The number of nitro benzene ring substituents is 1. The van der Waals surface area contributed by atoms with E-state index in [1.807, 2.05) is 13.0 Å². The molecule has 0 atom stereocenters. The summed E-state index contributed by atoms with van der Waals surface area (Å²) in [7, 11) is 1.33. The lowest BCUT2D eigenvalue weighted by atomic mass is 10.1. The van der Waals surface area contributed by atoms with E-state index in [2.05, 4.69) is 10.1 Å². The van der Waals surface area contributed by atoms with Gasteiger partial charge in [0.25, 0.3) is 5.69 Å². The molecule has 0 aliphatic rings. The Balaban J connectivity index is 2.84. The molecule has 1 rings (SSSR count). The molecule has 0 aliphatic carbocycles. The molecule has 1 N–H and O–H groups in total. The minimum absolute atomic E-state index is 0.0537. The van der Waals surface area contributed by atoms with E-state index in [9.17, 15) is 14.9 Å². The Morgan fingerprint density at radius 3 is 2.84 bits per heavy atom. The van der Waals surface area contributed by atoms with Crippen molar-refractivity contribution < 1.29 is 14.5 Å². The Kier molecular flexibility index (Phi) is 6.14. The third-order valence-corrected chi connectivity index (χ3v) is 3.34. The van der Waals surface area contributed by atoms with Crippen molar-refractivity contribution in [2.75, 3.05) is 24.7 Å². The summed E-state index contributed by atoms with van der Waals surface area (Å²) in [6, 6.07) is 4.93. The van der Waals surface area contributed by atoms with Gasteiger partial charge in [0.2, 0.25) is 0 Å². The van der Waals surface area contributed by atoms with Crippen LogP contribution in [0.3, 0.4) is 0 Å². The number of benzene rings is 1. The lowest BCUT2D eigenvalue weighted by molar-refractivity contribution is -0.384. The predicted molar refractivity (Wildman–Crippen MR) is 75.4 cm³/mol. The van der Waals surface area contributed by atoms with Crippen LogP contribution in [0, 0.1) is 10.1 Å². The molecular formula is C12H16N2O4S. The van der Waals surface area contributed by atoms with E-state index in [1.165, 1.54) is 24.9 Å². The third-order valence-electron chi connectivity index (χ3n) is 2.38. The van der Waals surface area contributed by atoms with Gasteiger partial charge in [-0.15, -0.1) is 11.8 Å². The van der Waals surface area contributed by atoms with Gasteiger partial charge in [-0.3, -0.25) is 14.9 Å². The van der Waals surface area contributed by atoms with E-state index >= 15 is 0 Å². The van der Waals surface area contributed by atoms with Crippen molar-refractivity contribution in [2.45, 2.75) is 12.7 Å². The second kappa shape index (κ2) is 7.63. The van der Waals surface area contributed by atoms with Gasteiger partial charge in [-0.1, -0.05) is 12.1 Å². The number of thioether (sulfide) groups is 1. The molecule has 1 aromatic carbocycles. The van der Waals surface area contributed by atoms with Gasteiger partial charge in [0.1, 0.15) is 5.69 Å². The van der Waals surface area contributed by atoms with Gasteiger partial charge in [0.05, 0.1) is 17.8 Å². The largest absolute Gasteiger partial charge is 0.468 e. The first-order chi connectivity index (χ1) is 9.10. The van der Waals surface area contributed by atoms with Crippen molar-refractivity contribution in [1.29, 1.82) is 0 Å². The average molecular weight is 284 g/mol. The molecular weight excluding hydrogens is 268 g/mol. The van der Waals surface area contributed by atoms with Gasteiger partial charge >= 0.3 is 5.97 Å². The minimum atomic E-state index is -0.410. The standard InChI is InChI=1S/C12H16N2O4S/c1-3-13-12-9(7-19-8-11(15)18-2)5-4-6-10(12)14(16)17/h4-6,13H,3,7-8H2,1-2H3. The summed E-state index contributed by atoms with van der Waals surface area (Å²) >= 11 is 1.36. The van der Waals surface area contributed by atoms with Crippen molar-refractivity contribution in [3.05, 3.63) is 33.9 Å². The number of hydrogen-bond donors (Lipinski definition) is 1. The fourth-order valence-electron chi connectivity index (χ4n) is 1.54. The van der Waals surface area contributed by atoms with Crippen LogP contribution in [0.4, 0.5) is 11.4 Å². The Labute approximate surface area is 115 Å². The molecule has 0 aromatic heterocycles. The van der Waals surface area contributed by atoms with Crippen LogP contribution < -0.4 is 5.32 Å². The molecule has 0 unspecified atom stereocenters. The summed E-state index contributed by atoms with van der Waals surface area (Å²) in [6.07, 6.45) is 0. The zero-order valence-electron chi connectivity index (χ0n) is 10.8. The molecule has 1 aromatic rings. The Morgan fingerprint density at radius 2 is 2.26 bits per heavy atom. The van der Waals surface area contributed by atoms with Gasteiger partial charge in [-0.2, -0.15) is 0 Å². The molecule has 19 heavy (non-hydrogen) atoms. The summed E-state index contributed by atoms with van der Waals surface area (Å²) in [5.41, 5.74) is 1.38. The van der Waals surface area contributed by atoms with Crippen LogP contribution in [0.1, 0.15) is 12.5 Å². The van der Waals surface area contributed by atoms with Crippen LogP contribution >= 0.6 is 11.8 Å². The summed E-state index contributed by atoms with van der Waals surface area (Å²) in [5.74, 6) is 0.435. The number of methoxy groups -OCH3 is 1. The molecule has 0 saturated heterocycles. The lowest BCUT2D eigenvalue weighted by Crippen LogP contribution is -2.06. The third kappa shape index (κ3) is 4.44. The summed E-state index contributed by atoms with van der Waals surface area (Å²) in [6.45, 7) is 2.47. The molecule has 0 bridgehead atoms. The van der Waals surface area contributed by atoms with Crippen LogP contribution in [0.5, 0.6) is 0 Å². The summed E-state index contributed by atoms with van der Waals surface area (Å²) in [4.78, 5) is 21.6. The number of nitro groups is 1. The van der Waals surface area contributed by atoms with Crippen molar-refractivity contribution in [2.24, 2.45) is 0 Å². The first kappa shape index (κ1) is 15.3. The normalized spacial score (nSPS) is 10.0. The minimum Gasteiger partial charge on any atom is -0.468 e. The van der Waals surface area contributed by atoms with E-state index < -0.39 is 4.92 Å². The fourth-order valence-corrected chi connectivity index (χ4v) is 2.39. The molecule has 0 fully saturated rings. The van der Waals surface area contributed by atoms with Crippen molar-refractivity contribution in [1.82, 2.24) is 0 Å². The number of para-hydroxylation sites is 1. The number of anilines is 1. The molecule has 0 amide bonds. The van der Waals surface area contributed by atoms with Gasteiger partial charge in [0.15, 0.2) is 0 Å². The topological polar surface area (TPSA) is 81.5 Å². The SMILES string of the molecule is CCNc1c(CSCC(=O)OC)cccc1[N+](=O)[O-]. The number of hydrogen-bond acceptors (Lipinski definition) is 6. The summed E-state index contributed by atoms with van der Waals surface area (Å²) in [5, 5.41) is 14.0. The Bertz CT molecular complexity index is 465. The van der Waals surface area contributed by atoms with Gasteiger partial charge in [-0.25, -0.2) is 0 Å². The molecule has 104 valence electrons. The smallest absolute Gasteiger partial charge is 0.315 e. The second-order valence-corrected chi connectivity index (χ2v) is 4.65. The maximum Gasteiger partial charge on any atom is 0.315 e. The summed E-state index contributed by atoms with van der Waals surface area (Å²) < 4.78 is 4.54. The molecule has 6 nitrogen and oxygen atoms in total. The van der Waals surface area contributed by atoms with E-state index in [0.717, 1.165) is 5.56 Å². The van der Waals surface area contributed by atoms with Crippen molar-refractivity contribution >= 4 is 29.1 Å². The molecule has 0 spiro atoms. The Hall–Kier alpha value is -1.76. The van der Waals surface area contributed by atoms with Crippen molar-refractivity contribution in [3.8, 4) is 0 Å². The second-order valence-electron chi connectivity index (χ2n) is 3.67. The molecule has 0 heterocycles. The van der Waals surface area contributed by atoms with E-state index in [-0.39, 0.29) is 17.4 Å². The van der Waals surface area contributed by atoms with Crippen LogP contribution in [-0.4, -0.2) is 30.3 Å². The van der Waals surface area contributed by atoms with Crippen LogP contribution in [0.15, 0.2) is 18.2 Å². The Morgan fingerprint density at radius 1 is 1.53 bits per heavy atom. The van der Waals surface area contributed by atoms with E-state index in [0.29, 0.717) is 18.0 Å². The highest BCUT2D eigenvalue weighted by molar-refractivity contribution is 7.99. The molecule has 7 heteroatoms. The van der Waals surface area contributed by atoms with E-state index in [1.54, 1.807) is 6.07 Å². The van der Waals surface area contributed by atoms with Gasteiger partial charge in [-0.05, 0) is 12.5 Å². The molecule has 0 aliphatic heterocycles. The van der Waals surface area contributed by atoms with Crippen LogP contribution in [0.2, 0.25) is 0 Å². The number of nitrogens with zero attached hydrogens (tertiary/aromatic N) is 1. The first-order valence-corrected chi connectivity index (χ1v) is 6.90. The maximum absolute atomic E-state index is 11.0. The average Bonchev–Trinajstić information content (AvgIpc) is 2.40. The number of esters is 1. The number of nitrogens with one attached hydrogen (secondary N) is 1. The van der Waals surface area contributed by atoms with Crippen LogP contribution in [0.25, 0.3) is 0 Å².